The van der Waals surface area contributed by atoms with Gasteiger partial charge in [-0.3, -0.25) is 9.59 Å². The molecule has 6 nitrogen and oxygen atoms in total. The van der Waals surface area contributed by atoms with Crippen molar-refractivity contribution in [2.75, 3.05) is 18.4 Å². The second-order valence-corrected chi connectivity index (χ2v) is 7.22. The monoisotopic (exact) mass is 413 g/mol. The predicted molar refractivity (Wildman–Crippen MR) is 115 cm³/mol. The molecule has 1 aliphatic rings. The zero-order chi connectivity index (χ0) is 19.5. The molecule has 1 saturated heterocycles. The highest BCUT2D eigenvalue weighted by Crippen LogP contribution is 2.20. The third-order valence-electron chi connectivity index (χ3n) is 5.03. The molecule has 0 saturated carbocycles. The van der Waals surface area contributed by atoms with E-state index in [1.165, 1.54) is 0 Å². The summed E-state index contributed by atoms with van der Waals surface area (Å²) in [5, 5.41) is 3.71. The van der Waals surface area contributed by atoms with E-state index in [1.807, 2.05) is 41.3 Å². The van der Waals surface area contributed by atoms with Gasteiger partial charge < -0.3 is 20.4 Å². The van der Waals surface area contributed by atoms with Gasteiger partial charge in [0.2, 0.25) is 5.91 Å². The first kappa shape index (κ1) is 20.9. The van der Waals surface area contributed by atoms with E-state index in [4.69, 9.17) is 10.2 Å². The van der Waals surface area contributed by atoms with Crippen molar-refractivity contribution in [3.05, 3.63) is 65.9 Å². The van der Waals surface area contributed by atoms with E-state index < -0.39 is 0 Å². The van der Waals surface area contributed by atoms with E-state index in [2.05, 4.69) is 5.32 Å². The summed E-state index contributed by atoms with van der Waals surface area (Å²) < 4.78 is 5.58. The number of anilines is 1. The van der Waals surface area contributed by atoms with Gasteiger partial charge in [0.1, 0.15) is 5.58 Å². The zero-order valence-corrected chi connectivity index (χ0v) is 16.8. The van der Waals surface area contributed by atoms with Crippen LogP contribution in [0.15, 0.2) is 59.0 Å². The third-order valence-corrected chi connectivity index (χ3v) is 5.03. The van der Waals surface area contributed by atoms with Crippen molar-refractivity contribution in [2.24, 2.45) is 5.73 Å². The highest BCUT2D eigenvalue weighted by molar-refractivity contribution is 6.04. The van der Waals surface area contributed by atoms with Crippen LogP contribution in [0.25, 0.3) is 11.0 Å². The van der Waals surface area contributed by atoms with Crippen molar-refractivity contribution < 1.29 is 14.0 Å². The van der Waals surface area contributed by atoms with Crippen molar-refractivity contribution in [2.45, 2.75) is 25.3 Å². The Morgan fingerprint density at radius 2 is 1.90 bits per heavy atom. The molecule has 4 rings (SSSR count). The number of halogens is 1. The molecule has 1 unspecified atom stereocenters. The maximum absolute atomic E-state index is 12.4. The Hall–Kier alpha value is -2.83. The molecular weight excluding hydrogens is 390 g/mol. The van der Waals surface area contributed by atoms with Gasteiger partial charge in [-0.1, -0.05) is 30.3 Å². The summed E-state index contributed by atoms with van der Waals surface area (Å²) in [4.78, 5) is 26.7. The van der Waals surface area contributed by atoms with Crippen LogP contribution in [0.5, 0.6) is 0 Å². The van der Waals surface area contributed by atoms with E-state index in [0.29, 0.717) is 24.2 Å². The number of carbonyl (C=O) groups excluding carboxylic acids is 2. The number of benzene rings is 2. The minimum Gasteiger partial charge on any atom is -0.451 e. The molecule has 3 N–H and O–H groups in total. The molecule has 0 bridgehead atoms. The van der Waals surface area contributed by atoms with Crippen molar-refractivity contribution >= 4 is 40.9 Å². The molecule has 0 aliphatic carbocycles. The fourth-order valence-electron chi connectivity index (χ4n) is 3.52. The lowest BCUT2D eigenvalue weighted by atomic mass is 10.0. The summed E-state index contributed by atoms with van der Waals surface area (Å²) in [6, 6.07) is 16.6. The molecule has 2 aromatic carbocycles. The Morgan fingerprint density at radius 3 is 2.62 bits per heavy atom. The average molecular weight is 414 g/mol. The quantitative estimate of drug-likeness (QED) is 0.684. The number of nitrogens with zero attached hydrogens (tertiary/aromatic N) is 1. The van der Waals surface area contributed by atoms with Crippen molar-refractivity contribution in [3.8, 4) is 0 Å². The molecule has 7 heteroatoms. The fourth-order valence-corrected chi connectivity index (χ4v) is 3.52. The number of rotatable bonds is 4. The van der Waals surface area contributed by atoms with Gasteiger partial charge in [0.05, 0.1) is 6.42 Å². The minimum absolute atomic E-state index is 0. The number of hydrogen-bond acceptors (Lipinski definition) is 4. The van der Waals surface area contributed by atoms with Crippen molar-refractivity contribution in [1.29, 1.82) is 0 Å². The van der Waals surface area contributed by atoms with Gasteiger partial charge in [-0.25, -0.2) is 0 Å². The van der Waals surface area contributed by atoms with E-state index in [0.717, 1.165) is 30.3 Å². The summed E-state index contributed by atoms with van der Waals surface area (Å²) in [7, 11) is 0. The number of hydrogen-bond donors (Lipinski definition) is 2. The number of fused-ring (bicyclic) bond motifs is 1. The van der Waals surface area contributed by atoms with Crippen molar-refractivity contribution in [1.82, 2.24) is 4.90 Å². The number of likely N-dealkylation sites (tertiary alicyclic amines) is 1. The summed E-state index contributed by atoms with van der Waals surface area (Å²) >= 11 is 0. The predicted octanol–water partition coefficient (Wildman–Crippen LogP) is 3.60. The van der Waals surface area contributed by atoms with Gasteiger partial charge in [-0.15, -0.1) is 12.4 Å². The topological polar surface area (TPSA) is 88.6 Å². The lowest BCUT2D eigenvalue weighted by Gasteiger charge is -2.30. The van der Waals surface area contributed by atoms with Gasteiger partial charge in [0.15, 0.2) is 5.76 Å². The molecule has 0 radical (unpaired) electrons. The number of nitrogens with two attached hydrogens (primary N) is 1. The molecule has 1 aromatic heterocycles. The second kappa shape index (κ2) is 9.11. The molecule has 1 atom stereocenters. The summed E-state index contributed by atoms with van der Waals surface area (Å²) in [5.74, 6) is 0.0541. The molecule has 3 aromatic rings. The minimum atomic E-state index is -0.303. The Morgan fingerprint density at radius 1 is 1.14 bits per heavy atom. The maximum Gasteiger partial charge on any atom is 0.291 e. The highest BCUT2D eigenvalue weighted by Gasteiger charge is 2.21. The highest BCUT2D eigenvalue weighted by atomic mass is 35.5. The molecule has 1 fully saturated rings. The van der Waals surface area contributed by atoms with Crippen LogP contribution in [-0.2, 0) is 11.2 Å². The number of amides is 2. The summed E-state index contributed by atoms with van der Waals surface area (Å²) in [5.41, 5.74) is 8.20. The number of furan rings is 1. The van der Waals surface area contributed by atoms with E-state index in [9.17, 15) is 9.59 Å². The van der Waals surface area contributed by atoms with Crippen LogP contribution in [0, 0.1) is 0 Å². The molecule has 0 spiro atoms. The number of piperidine rings is 1. The first-order valence-electron chi connectivity index (χ1n) is 9.51. The van der Waals surface area contributed by atoms with Crippen LogP contribution in [0.3, 0.4) is 0 Å². The molecular formula is C22H24ClN3O3. The number of carbonyl (C=O) groups is 2. The van der Waals surface area contributed by atoms with Gasteiger partial charge >= 0.3 is 0 Å². The number of para-hydroxylation sites is 1. The van der Waals surface area contributed by atoms with E-state index in [-0.39, 0.29) is 36.0 Å². The SMILES string of the molecule is Cl.NC1CCCN(C(=O)Cc2ccc(NC(=O)c3cc4ccccc4o3)cc2)C1. The first-order chi connectivity index (χ1) is 13.6. The van der Waals surface area contributed by atoms with Crippen LogP contribution in [0.4, 0.5) is 5.69 Å². The van der Waals surface area contributed by atoms with Crippen LogP contribution >= 0.6 is 12.4 Å². The molecule has 2 amide bonds. The first-order valence-corrected chi connectivity index (χ1v) is 9.51. The summed E-state index contributed by atoms with van der Waals surface area (Å²) in [6.45, 7) is 1.41. The largest absolute Gasteiger partial charge is 0.451 e. The average Bonchev–Trinajstić information content (AvgIpc) is 3.14. The van der Waals surface area contributed by atoms with E-state index >= 15 is 0 Å². The normalized spacial score (nSPS) is 16.3. The lowest BCUT2D eigenvalue weighted by molar-refractivity contribution is -0.131. The standard InChI is InChI=1S/C22H23N3O3.ClH/c23-17-5-3-11-25(14-17)21(26)12-15-7-9-18(10-8-15)24-22(27)20-13-16-4-1-2-6-19(16)28-20;/h1-2,4,6-10,13,17H,3,5,11-12,14,23H2,(H,24,27);1H. The third kappa shape index (κ3) is 4.96. The molecule has 152 valence electrons. The van der Waals surface area contributed by atoms with Crippen LogP contribution in [0.2, 0.25) is 0 Å². The van der Waals surface area contributed by atoms with Crippen LogP contribution < -0.4 is 11.1 Å². The number of nitrogens with one attached hydrogen (secondary N) is 1. The second-order valence-electron chi connectivity index (χ2n) is 7.22. The molecule has 1 aliphatic heterocycles. The fraction of sp³-hybridized carbons (Fsp3) is 0.273. The molecule has 2 heterocycles. The van der Waals surface area contributed by atoms with Gasteiger partial charge in [-0.2, -0.15) is 0 Å². The van der Waals surface area contributed by atoms with Crippen molar-refractivity contribution in [3.63, 3.8) is 0 Å². The summed E-state index contributed by atoms with van der Waals surface area (Å²) in [6.07, 6.45) is 2.27. The van der Waals surface area contributed by atoms with Gasteiger partial charge in [-0.05, 0) is 42.7 Å². The van der Waals surface area contributed by atoms with Crippen LogP contribution in [0.1, 0.15) is 29.0 Å². The van der Waals surface area contributed by atoms with Gasteiger partial charge in [0.25, 0.3) is 5.91 Å². The zero-order valence-electron chi connectivity index (χ0n) is 16.0. The Balaban J connectivity index is 0.00000240. The smallest absolute Gasteiger partial charge is 0.291 e. The van der Waals surface area contributed by atoms with Gasteiger partial charge in [0, 0.05) is 30.2 Å². The lowest BCUT2D eigenvalue weighted by Crippen LogP contribution is -2.46. The Kier molecular flexibility index (Phi) is 6.56. The van der Waals surface area contributed by atoms with E-state index in [1.54, 1.807) is 18.2 Å². The molecule has 29 heavy (non-hydrogen) atoms. The Bertz CT molecular complexity index is 967. The van der Waals surface area contributed by atoms with Crippen LogP contribution in [-0.4, -0.2) is 35.8 Å². The maximum atomic E-state index is 12.4. The Labute approximate surface area is 175 Å².